The van der Waals surface area contributed by atoms with Gasteiger partial charge in [-0.1, -0.05) is 18.2 Å². The second-order valence-corrected chi connectivity index (χ2v) is 4.83. The first-order chi connectivity index (χ1) is 9.06. The van der Waals surface area contributed by atoms with Crippen LogP contribution in [0.25, 0.3) is 0 Å². The molecule has 0 bridgehead atoms. The maximum atomic E-state index is 13.1. The second-order valence-electron chi connectivity index (χ2n) is 3.98. The Labute approximate surface area is 118 Å². The molecule has 0 aliphatic rings. The number of ether oxygens (including phenoxy) is 1. The smallest absolute Gasteiger partial charge is 0.137 e. The van der Waals surface area contributed by atoms with E-state index in [2.05, 4.69) is 15.9 Å². The summed E-state index contributed by atoms with van der Waals surface area (Å²) < 4.78 is 19.0. The van der Waals surface area contributed by atoms with Crippen LogP contribution >= 0.6 is 15.9 Å². The molecule has 0 atom stereocenters. The van der Waals surface area contributed by atoms with Crippen LogP contribution in [-0.2, 0) is 6.61 Å². The first-order valence-corrected chi connectivity index (χ1v) is 6.37. The Bertz CT molecular complexity index is 616. The Morgan fingerprint density at radius 1 is 1.26 bits per heavy atom. The molecule has 0 aliphatic heterocycles. The van der Waals surface area contributed by atoms with Gasteiger partial charge in [-0.05, 0) is 45.8 Å². The molecular weight excluding hydrogens is 311 g/mol. The zero-order valence-corrected chi connectivity index (χ0v) is 11.6. The number of nitrogens with one attached hydrogen (secondary N) is 1. The lowest BCUT2D eigenvalue weighted by molar-refractivity contribution is 0.305. The monoisotopic (exact) mass is 322 g/mol. The van der Waals surface area contributed by atoms with Gasteiger partial charge in [-0.25, -0.2) is 4.39 Å². The SMILES string of the molecule is N=C(N)c1cccc(COc2ccc(F)c(Br)c2)c1. The van der Waals surface area contributed by atoms with E-state index in [9.17, 15) is 4.39 Å². The Kier molecular flexibility index (Phi) is 4.16. The van der Waals surface area contributed by atoms with Crippen LogP contribution in [0, 0.1) is 11.2 Å². The molecule has 2 aromatic rings. The fraction of sp³-hybridized carbons (Fsp3) is 0.0714. The summed E-state index contributed by atoms with van der Waals surface area (Å²) in [5, 5.41) is 7.37. The fourth-order valence-corrected chi connectivity index (χ4v) is 1.92. The van der Waals surface area contributed by atoms with E-state index in [1.54, 1.807) is 24.3 Å². The summed E-state index contributed by atoms with van der Waals surface area (Å²) in [5.74, 6) is 0.263. The van der Waals surface area contributed by atoms with E-state index in [-0.39, 0.29) is 11.7 Å². The highest BCUT2D eigenvalue weighted by atomic mass is 79.9. The summed E-state index contributed by atoms with van der Waals surface area (Å²) in [6.07, 6.45) is 0. The van der Waals surface area contributed by atoms with Gasteiger partial charge in [-0.3, -0.25) is 5.41 Å². The second kappa shape index (κ2) is 5.84. The Balaban J connectivity index is 2.07. The molecule has 98 valence electrons. The molecule has 0 fully saturated rings. The van der Waals surface area contributed by atoms with Crippen molar-refractivity contribution in [1.82, 2.24) is 0 Å². The zero-order chi connectivity index (χ0) is 13.8. The Hall–Kier alpha value is -1.88. The summed E-state index contributed by atoms with van der Waals surface area (Å²) in [7, 11) is 0. The van der Waals surface area contributed by atoms with Crippen LogP contribution in [-0.4, -0.2) is 5.84 Å². The number of benzene rings is 2. The maximum Gasteiger partial charge on any atom is 0.137 e. The first kappa shape index (κ1) is 13.5. The molecule has 2 aromatic carbocycles. The van der Waals surface area contributed by atoms with Gasteiger partial charge < -0.3 is 10.5 Å². The topological polar surface area (TPSA) is 59.1 Å². The minimum atomic E-state index is -0.328. The Morgan fingerprint density at radius 3 is 2.74 bits per heavy atom. The summed E-state index contributed by atoms with van der Waals surface area (Å²) >= 11 is 3.10. The van der Waals surface area contributed by atoms with Gasteiger partial charge in [0, 0.05) is 5.56 Å². The molecular formula is C14H12BrFN2O. The third-order valence-corrected chi connectivity index (χ3v) is 3.14. The van der Waals surface area contributed by atoms with Gasteiger partial charge in [0.2, 0.25) is 0 Å². The molecule has 0 unspecified atom stereocenters. The van der Waals surface area contributed by atoms with Crippen LogP contribution in [0.15, 0.2) is 46.9 Å². The lowest BCUT2D eigenvalue weighted by Gasteiger charge is -2.08. The molecule has 0 heterocycles. The number of nitrogens with two attached hydrogens (primary N) is 1. The van der Waals surface area contributed by atoms with E-state index in [1.807, 2.05) is 12.1 Å². The highest BCUT2D eigenvalue weighted by Crippen LogP contribution is 2.22. The van der Waals surface area contributed by atoms with E-state index < -0.39 is 0 Å². The minimum Gasteiger partial charge on any atom is -0.489 e. The van der Waals surface area contributed by atoms with Crippen molar-refractivity contribution in [3.8, 4) is 5.75 Å². The lowest BCUT2D eigenvalue weighted by Crippen LogP contribution is -2.11. The van der Waals surface area contributed by atoms with Crippen molar-refractivity contribution in [2.45, 2.75) is 6.61 Å². The van der Waals surface area contributed by atoms with Gasteiger partial charge in [0.25, 0.3) is 0 Å². The molecule has 3 N–H and O–H groups in total. The van der Waals surface area contributed by atoms with Crippen molar-refractivity contribution in [2.24, 2.45) is 5.73 Å². The van der Waals surface area contributed by atoms with Gasteiger partial charge in [-0.15, -0.1) is 0 Å². The van der Waals surface area contributed by atoms with Gasteiger partial charge in [0.05, 0.1) is 4.47 Å². The van der Waals surface area contributed by atoms with Crippen molar-refractivity contribution in [1.29, 1.82) is 5.41 Å². The first-order valence-electron chi connectivity index (χ1n) is 5.57. The van der Waals surface area contributed by atoms with Gasteiger partial charge in [0.15, 0.2) is 0 Å². The molecule has 0 saturated carbocycles. The van der Waals surface area contributed by atoms with Crippen molar-refractivity contribution >= 4 is 21.8 Å². The van der Waals surface area contributed by atoms with Crippen LogP contribution in [0.3, 0.4) is 0 Å². The molecule has 0 aliphatic carbocycles. The van der Waals surface area contributed by atoms with E-state index in [4.69, 9.17) is 15.9 Å². The van der Waals surface area contributed by atoms with E-state index in [1.165, 1.54) is 6.07 Å². The number of amidine groups is 1. The van der Waals surface area contributed by atoms with Gasteiger partial charge in [0.1, 0.15) is 24.0 Å². The average Bonchev–Trinajstić information content (AvgIpc) is 2.40. The number of halogens is 2. The maximum absolute atomic E-state index is 13.1. The van der Waals surface area contributed by atoms with E-state index >= 15 is 0 Å². The summed E-state index contributed by atoms with van der Waals surface area (Å²) in [5.41, 5.74) is 6.97. The molecule has 0 amide bonds. The Morgan fingerprint density at radius 2 is 2.05 bits per heavy atom. The number of rotatable bonds is 4. The van der Waals surface area contributed by atoms with Gasteiger partial charge in [-0.2, -0.15) is 0 Å². The normalized spacial score (nSPS) is 10.2. The van der Waals surface area contributed by atoms with Gasteiger partial charge >= 0.3 is 0 Å². The van der Waals surface area contributed by atoms with Crippen LogP contribution in [0.2, 0.25) is 0 Å². The molecule has 0 saturated heterocycles. The molecule has 2 rings (SSSR count). The predicted molar refractivity (Wildman–Crippen MR) is 75.9 cm³/mol. The number of hydrogen-bond donors (Lipinski definition) is 2. The van der Waals surface area contributed by atoms with Crippen molar-refractivity contribution in [3.05, 3.63) is 63.9 Å². The summed E-state index contributed by atoms with van der Waals surface area (Å²) in [6, 6.07) is 11.7. The van der Waals surface area contributed by atoms with Crippen molar-refractivity contribution in [3.63, 3.8) is 0 Å². The third kappa shape index (κ3) is 3.54. The van der Waals surface area contributed by atoms with E-state index in [0.29, 0.717) is 22.4 Å². The van der Waals surface area contributed by atoms with Crippen LogP contribution in [0.4, 0.5) is 4.39 Å². The quantitative estimate of drug-likeness (QED) is 0.669. The van der Waals surface area contributed by atoms with E-state index in [0.717, 1.165) is 5.56 Å². The molecule has 5 heteroatoms. The zero-order valence-electron chi connectivity index (χ0n) is 9.99. The standard InChI is InChI=1S/C14H12BrFN2O/c15-12-7-11(4-5-13(12)16)19-8-9-2-1-3-10(6-9)14(17)18/h1-7H,8H2,(H3,17,18). The van der Waals surface area contributed by atoms with Crippen molar-refractivity contribution in [2.75, 3.05) is 0 Å². The molecule has 0 aromatic heterocycles. The van der Waals surface area contributed by atoms with Crippen LogP contribution in [0.1, 0.15) is 11.1 Å². The fourth-order valence-electron chi connectivity index (χ4n) is 1.56. The highest BCUT2D eigenvalue weighted by Gasteiger charge is 2.03. The minimum absolute atomic E-state index is 0.0198. The molecule has 0 radical (unpaired) electrons. The highest BCUT2D eigenvalue weighted by molar-refractivity contribution is 9.10. The third-order valence-electron chi connectivity index (χ3n) is 2.53. The summed E-state index contributed by atoms with van der Waals surface area (Å²) in [6.45, 7) is 0.333. The largest absolute Gasteiger partial charge is 0.489 e. The van der Waals surface area contributed by atoms with Crippen molar-refractivity contribution < 1.29 is 9.13 Å². The molecule has 3 nitrogen and oxygen atoms in total. The summed E-state index contributed by atoms with van der Waals surface area (Å²) in [4.78, 5) is 0. The predicted octanol–water partition coefficient (Wildman–Crippen LogP) is 3.45. The molecule has 19 heavy (non-hydrogen) atoms. The number of hydrogen-bond acceptors (Lipinski definition) is 2. The number of nitrogen functional groups attached to an aromatic ring is 1. The average molecular weight is 323 g/mol. The van der Waals surface area contributed by atoms with Crippen LogP contribution < -0.4 is 10.5 Å². The lowest BCUT2D eigenvalue weighted by atomic mass is 10.1. The van der Waals surface area contributed by atoms with Crippen LogP contribution in [0.5, 0.6) is 5.75 Å². The molecule has 0 spiro atoms.